The smallest absolute Gasteiger partial charge is 0.0915 e. The van der Waals surface area contributed by atoms with Crippen LogP contribution in [0.3, 0.4) is 0 Å². The van der Waals surface area contributed by atoms with Gasteiger partial charge in [-0.05, 0) is 45.4 Å². The highest BCUT2D eigenvalue weighted by atomic mass is 16.4. The van der Waals surface area contributed by atoms with Gasteiger partial charge in [0.15, 0.2) is 0 Å². The molecule has 2 aliphatic carbocycles. The quantitative estimate of drug-likeness (QED) is 0.532. The monoisotopic (exact) mass is 381 g/mol. The first kappa shape index (κ1) is 24.5. The molecule has 2 saturated carbocycles. The fraction of sp³-hybridized carbons (Fsp3) is 0.958. The molecule has 160 valence electrons. The van der Waals surface area contributed by atoms with Crippen LogP contribution in [0.15, 0.2) is 0 Å². The Bertz CT molecular complexity index is 328. The van der Waals surface area contributed by atoms with Crippen LogP contribution in [0.2, 0.25) is 0 Å². The predicted octanol–water partition coefficient (Wildman–Crippen LogP) is 4.59. The van der Waals surface area contributed by atoms with E-state index in [1.807, 2.05) is 0 Å². The third-order valence-electron chi connectivity index (χ3n) is 6.63. The molecule has 0 aliphatic heterocycles. The molecule has 0 heterocycles. The molecule has 0 bridgehead atoms. The topological polar surface area (TPSA) is 56.7 Å². The highest BCUT2D eigenvalue weighted by molar-refractivity contribution is 5.63. The average Bonchev–Trinajstić information content (AvgIpc) is 2.70. The molecular formula is C24H47NO2. The second kappa shape index (κ2) is 16.4. The molecule has 0 aromatic rings. The third-order valence-corrected chi connectivity index (χ3v) is 6.63. The molecule has 0 saturated heterocycles. The zero-order valence-electron chi connectivity index (χ0n) is 18.4. The summed E-state index contributed by atoms with van der Waals surface area (Å²) in [6, 6.07) is 0.977. The van der Waals surface area contributed by atoms with Crippen molar-refractivity contribution in [2.24, 2.45) is 11.8 Å². The first-order chi connectivity index (χ1) is 13.2. The normalized spacial score (nSPS) is 18.9. The minimum Gasteiger partial charge on any atom is -0.550 e. The van der Waals surface area contributed by atoms with Crippen molar-refractivity contribution in [2.45, 2.75) is 129 Å². The van der Waals surface area contributed by atoms with Crippen LogP contribution in [0.4, 0.5) is 0 Å². The molecule has 2 fully saturated rings. The number of quaternary nitrogens is 1. The SMILES string of the molecule is CCCCCCCCC(=O)[O-].CC[NH2+]C(C1CCCCC1)C1CCCCC1. The van der Waals surface area contributed by atoms with Crippen molar-refractivity contribution in [2.75, 3.05) is 6.54 Å². The Balaban J connectivity index is 0.000000293. The molecule has 3 nitrogen and oxygen atoms in total. The maximum absolute atomic E-state index is 9.98. The molecule has 0 amide bonds. The molecule has 0 radical (unpaired) electrons. The van der Waals surface area contributed by atoms with Gasteiger partial charge in [0, 0.05) is 17.8 Å². The Hall–Kier alpha value is -0.570. The summed E-state index contributed by atoms with van der Waals surface area (Å²) in [5.41, 5.74) is 0. The van der Waals surface area contributed by atoms with Crippen molar-refractivity contribution in [3.8, 4) is 0 Å². The van der Waals surface area contributed by atoms with E-state index in [1.165, 1.54) is 96.4 Å². The molecule has 27 heavy (non-hydrogen) atoms. The van der Waals surface area contributed by atoms with Gasteiger partial charge in [-0.15, -0.1) is 0 Å². The summed E-state index contributed by atoms with van der Waals surface area (Å²) in [5.74, 6) is 1.19. The second-order valence-corrected chi connectivity index (χ2v) is 8.91. The lowest BCUT2D eigenvalue weighted by atomic mass is 9.74. The lowest BCUT2D eigenvalue weighted by molar-refractivity contribution is -0.701. The van der Waals surface area contributed by atoms with E-state index in [1.54, 1.807) is 0 Å². The number of hydrogen-bond acceptors (Lipinski definition) is 2. The Labute approximate surface area is 169 Å². The van der Waals surface area contributed by atoms with Gasteiger partial charge in [-0.1, -0.05) is 77.6 Å². The molecule has 2 N–H and O–H groups in total. The summed E-state index contributed by atoms with van der Waals surface area (Å²) in [4.78, 5) is 9.98. The third kappa shape index (κ3) is 11.8. The number of nitrogens with two attached hydrogens (primary N) is 1. The average molecular weight is 382 g/mol. The standard InChI is InChI=1S/C15H29N.C9H18O2/c1-2-16-15(13-9-5-3-6-10-13)14-11-7-4-8-12-14;1-2-3-4-5-6-7-8-9(10)11/h13-16H,2-12H2,1H3;2-8H2,1H3,(H,10,11). The zero-order chi connectivity index (χ0) is 19.7. The van der Waals surface area contributed by atoms with Crippen LogP contribution in [0, 0.1) is 11.8 Å². The zero-order valence-corrected chi connectivity index (χ0v) is 18.4. The van der Waals surface area contributed by atoms with Gasteiger partial charge in [0.05, 0.1) is 12.6 Å². The number of carbonyl (C=O) groups is 1. The van der Waals surface area contributed by atoms with E-state index in [0.717, 1.165) is 30.7 Å². The van der Waals surface area contributed by atoms with Crippen LogP contribution in [0.1, 0.15) is 123 Å². The molecule has 0 atom stereocenters. The lowest BCUT2D eigenvalue weighted by Crippen LogP contribution is -2.92. The number of hydrogen-bond donors (Lipinski definition) is 1. The summed E-state index contributed by atoms with van der Waals surface area (Å²) in [6.07, 6.45) is 22.1. The van der Waals surface area contributed by atoms with Gasteiger partial charge in [0.1, 0.15) is 0 Å². The Morgan fingerprint density at radius 2 is 1.30 bits per heavy atom. The van der Waals surface area contributed by atoms with Crippen LogP contribution in [0.5, 0.6) is 0 Å². The molecule has 0 spiro atoms. The Morgan fingerprint density at radius 1 is 0.815 bits per heavy atom. The molecule has 0 aromatic heterocycles. The Morgan fingerprint density at radius 3 is 1.74 bits per heavy atom. The van der Waals surface area contributed by atoms with E-state index in [9.17, 15) is 9.90 Å². The molecule has 0 aromatic carbocycles. The van der Waals surface area contributed by atoms with Gasteiger partial charge < -0.3 is 15.2 Å². The van der Waals surface area contributed by atoms with Crippen LogP contribution >= 0.6 is 0 Å². The number of unbranched alkanes of at least 4 members (excludes halogenated alkanes) is 5. The number of carboxylic acids is 1. The number of rotatable bonds is 11. The van der Waals surface area contributed by atoms with Gasteiger partial charge in [0.25, 0.3) is 0 Å². The van der Waals surface area contributed by atoms with Gasteiger partial charge in [-0.2, -0.15) is 0 Å². The number of carbonyl (C=O) groups excluding carboxylic acids is 1. The van der Waals surface area contributed by atoms with Gasteiger partial charge in [-0.3, -0.25) is 0 Å². The Kier molecular flexibility index (Phi) is 14.9. The highest BCUT2D eigenvalue weighted by Gasteiger charge is 2.33. The summed E-state index contributed by atoms with van der Waals surface area (Å²) in [6.45, 7) is 5.79. The van der Waals surface area contributed by atoms with Crippen molar-refractivity contribution in [3.05, 3.63) is 0 Å². The fourth-order valence-electron chi connectivity index (χ4n) is 5.13. The minimum absolute atomic E-state index is 0.228. The molecule has 2 rings (SSSR count). The first-order valence-electron chi connectivity index (χ1n) is 12.2. The van der Waals surface area contributed by atoms with Crippen LogP contribution < -0.4 is 10.4 Å². The van der Waals surface area contributed by atoms with Crippen molar-refractivity contribution in [3.63, 3.8) is 0 Å². The van der Waals surface area contributed by atoms with Crippen molar-refractivity contribution >= 4 is 5.97 Å². The minimum atomic E-state index is -0.916. The van der Waals surface area contributed by atoms with Gasteiger partial charge in [-0.25, -0.2) is 0 Å². The largest absolute Gasteiger partial charge is 0.550 e. The van der Waals surface area contributed by atoms with Gasteiger partial charge in [0.2, 0.25) is 0 Å². The van der Waals surface area contributed by atoms with Gasteiger partial charge >= 0.3 is 0 Å². The predicted molar refractivity (Wildman–Crippen MR) is 112 cm³/mol. The van der Waals surface area contributed by atoms with E-state index < -0.39 is 5.97 Å². The summed E-state index contributed by atoms with van der Waals surface area (Å²) in [7, 11) is 0. The van der Waals surface area contributed by atoms with E-state index in [2.05, 4.69) is 19.2 Å². The van der Waals surface area contributed by atoms with E-state index in [-0.39, 0.29) is 6.42 Å². The second-order valence-electron chi connectivity index (χ2n) is 8.91. The first-order valence-corrected chi connectivity index (χ1v) is 12.2. The lowest BCUT2D eigenvalue weighted by Gasteiger charge is -2.35. The maximum atomic E-state index is 9.98. The summed E-state index contributed by atoms with van der Waals surface area (Å²) < 4.78 is 0. The highest BCUT2D eigenvalue weighted by Crippen LogP contribution is 2.33. The summed E-state index contributed by atoms with van der Waals surface area (Å²) in [5, 5.41) is 12.6. The van der Waals surface area contributed by atoms with Crippen LogP contribution in [-0.4, -0.2) is 18.6 Å². The van der Waals surface area contributed by atoms with Crippen LogP contribution in [0.25, 0.3) is 0 Å². The van der Waals surface area contributed by atoms with Crippen molar-refractivity contribution < 1.29 is 15.2 Å². The van der Waals surface area contributed by atoms with Crippen molar-refractivity contribution in [1.29, 1.82) is 0 Å². The molecule has 0 unspecified atom stereocenters. The van der Waals surface area contributed by atoms with Crippen LogP contribution in [-0.2, 0) is 4.79 Å². The van der Waals surface area contributed by atoms with Crippen molar-refractivity contribution in [1.82, 2.24) is 0 Å². The maximum Gasteiger partial charge on any atom is 0.0915 e. The van der Waals surface area contributed by atoms with E-state index in [4.69, 9.17) is 0 Å². The van der Waals surface area contributed by atoms with E-state index in [0.29, 0.717) is 0 Å². The fourth-order valence-corrected chi connectivity index (χ4v) is 5.13. The molecule has 2 aliphatic rings. The summed E-state index contributed by atoms with van der Waals surface area (Å²) >= 11 is 0. The number of aliphatic carboxylic acids is 1. The van der Waals surface area contributed by atoms with E-state index >= 15 is 0 Å². The molecule has 3 heteroatoms. The molecular weight excluding hydrogens is 334 g/mol. The number of carboxylic acid groups (broad SMARTS) is 1.